The molecule has 0 aliphatic rings. The molecule has 0 radical (unpaired) electrons. The van der Waals surface area contributed by atoms with Crippen LogP contribution >= 0.6 is 0 Å². The summed E-state index contributed by atoms with van der Waals surface area (Å²) in [7, 11) is -4.49. The van der Waals surface area contributed by atoms with Crippen molar-refractivity contribution in [3.05, 3.63) is 73.8 Å². The summed E-state index contributed by atoms with van der Waals surface area (Å²) in [4.78, 5) is 20.1. The van der Waals surface area contributed by atoms with Gasteiger partial charge in [0.25, 0.3) is 21.5 Å². The van der Waals surface area contributed by atoms with E-state index in [4.69, 9.17) is 4.18 Å². The summed E-state index contributed by atoms with van der Waals surface area (Å²) in [5.41, 5.74) is -1.54. The molecule has 26 heavy (non-hydrogen) atoms. The van der Waals surface area contributed by atoms with E-state index in [1.54, 1.807) is 6.92 Å². The fraction of sp³-hybridized carbons (Fsp3) is 0.133. The fourth-order valence-electron chi connectivity index (χ4n) is 2.15. The Hall–Kier alpha value is -3.36. The van der Waals surface area contributed by atoms with Gasteiger partial charge in [-0.05, 0) is 25.1 Å². The minimum Gasteiger partial charge on any atom is -0.258 e. The number of nitro groups is 2. The third-order valence-corrected chi connectivity index (χ3v) is 4.66. The molecule has 1 unspecified atom stereocenters. The molecular weight excluding hydrogens is 366 g/mol. The minimum absolute atomic E-state index is 0.287. The Morgan fingerprint density at radius 2 is 1.54 bits per heavy atom. The summed E-state index contributed by atoms with van der Waals surface area (Å²) < 4.78 is 29.5. The molecule has 134 valence electrons. The molecule has 2 aromatic carbocycles. The Morgan fingerprint density at radius 3 is 1.96 bits per heavy atom. The molecule has 0 bridgehead atoms. The van der Waals surface area contributed by atoms with Gasteiger partial charge in [-0.3, -0.25) is 20.2 Å². The maximum Gasteiger partial charge on any atom is 0.298 e. The van der Waals surface area contributed by atoms with Gasteiger partial charge in [-0.1, -0.05) is 17.7 Å². The van der Waals surface area contributed by atoms with E-state index in [-0.39, 0.29) is 4.90 Å². The molecule has 11 heteroatoms. The molecule has 0 aliphatic carbocycles. The van der Waals surface area contributed by atoms with Crippen LogP contribution in [0.5, 0.6) is 0 Å². The molecule has 0 saturated heterocycles. The topological polar surface area (TPSA) is 153 Å². The van der Waals surface area contributed by atoms with E-state index in [2.05, 4.69) is 0 Å². The molecule has 2 rings (SSSR count). The number of hydrogen-bond acceptors (Lipinski definition) is 8. The van der Waals surface area contributed by atoms with Gasteiger partial charge in [0.2, 0.25) is 6.10 Å². The molecule has 0 spiro atoms. The Morgan fingerprint density at radius 1 is 1.04 bits per heavy atom. The first-order chi connectivity index (χ1) is 12.2. The first kappa shape index (κ1) is 19.0. The van der Waals surface area contributed by atoms with Crippen LogP contribution < -0.4 is 0 Å². The van der Waals surface area contributed by atoms with Crippen LogP contribution in [0.3, 0.4) is 0 Å². The van der Waals surface area contributed by atoms with Crippen molar-refractivity contribution in [2.75, 3.05) is 0 Å². The predicted octanol–water partition coefficient (Wildman–Crippen LogP) is 2.78. The van der Waals surface area contributed by atoms with Gasteiger partial charge in [-0.2, -0.15) is 13.7 Å². The minimum atomic E-state index is -4.49. The van der Waals surface area contributed by atoms with Gasteiger partial charge in [0, 0.05) is 12.1 Å². The van der Waals surface area contributed by atoms with Crippen LogP contribution in [-0.2, 0) is 14.3 Å². The number of hydrogen-bond donors (Lipinski definition) is 0. The molecule has 0 amide bonds. The molecule has 0 saturated carbocycles. The number of aryl methyl sites for hydroxylation is 1. The summed E-state index contributed by atoms with van der Waals surface area (Å²) in [6.45, 7) is 1.73. The van der Waals surface area contributed by atoms with E-state index in [9.17, 15) is 33.9 Å². The lowest BCUT2D eigenvalue weighted by molar-refractivity contribution is -0.396. The quantitative estimate of drug-likeness (QED) is 0.423. The molecule has 0 aliphatic heterocycles. The second-order valence-corrected chi connectivity index (χ2v) is 6.67. The Bertz CT molecular complexity index is 978. The first-order valence-corrected chi connectivity index (χ1v) is 8.39. The number of rotatable bonds is 6. The maximum atomic E-state index is 12.3. The molecule has 0 N–H and O–H groups in total. The highest BCUT2D eigenvalue weighted by Crippen LogP contribution is 2.36. The zero-order valence-corrected chi connectivity index (χ0v) is 14.0. The third kappa shape index (κ3) is 3.82. The fourth-order valence-corrected chi connectivity index (χ4v) is 3.12. The SMILES string of the molecule is Cc1ccc(S(=O)(=O)OC(C#N)c2c([N+](=O)[O-])cccc2[N+](=O)[O-])cc1. The summed E-state index contributed by atoms with van der Waals surface area (Å²) >= 11 is 0. The summed E-state index contributed by atoms with van der Waals surface area (Å²) in [6, 6.07) is 9.78. The van der Waals surface area contributed by atoms with Crippen molar-refractivity contribution in [3.8, 4) is 6.07 Å². The second-order valence-electron chi connectivity index (χ2n) is 5.10. The van der Waals surface area contributed by atoms with E-state index >= 15 is 0 Å². The van der Waals surface area contributed by atoms with E-state index in [0.29, 0.717) is 0 Å². The Labute approximate surface area is 147 Å². The summed E-state index contributed by atoms with van der Waals surface area (Å²) in [5, 5.41) is 31.6. The molecule has 2 aromatic rings. The molecule has 0 heterocycles. The third-order valence-electron chi connectivity index (χ3n) is 3.37. The zero-order valence-electron chi connectivity index (χ0n) is 13.2. The van der Waals surface area contributed by atoms with Gasteiger partial charge in [-0.25, -0.2) is 4.18 Å². The lowest BCUT2D eigenvalue weighted by Crippen LogP contribution is -2.14. The maximum absolute atomic E-state index is 12.3. The molecule has 1 atom stereocenters. The van der Waals surface area contributed by atoms with Crippen LogP contribution in [0.1, 0.15) is 17.2 Å². The monoisotopic (exact) mass is 377 g/mol. The van der Waals surface area contributed by atoms with Crippen LogP contribution in [0.4, 0.5) is 11.4 Å². The van der Waals surface area contributed by atoms with Crippen molar-refractivity contribution in [2.24, 2.45) is 0 Å². The standard InChI is InChI=1S/C15H11N3O7S/c1-10-5-7-11(8-6-10)26(23,24)25-14(9-16)15-12(17(19)20)3-2-4-13(15)18(21)22/h2-8,14H,1H3. The summed E-state index contributed by atoms with van der Waals surface area (Å²) in [5.74, 6) is 0. The van der Waals surface area contributed by atoms with Gasteiger partial charge in [0.1, 0.15) is 6.07 Å². The predicted molar refractivity (Wildman–Crippen MR) is 87.6 cm³/mol. The van der Waals surface area contributed by atoms with Gasteiger partial charge < -0.3 is 0 Å². The normalized spacial score (nSPS) is 12.2. The molecule has 0 fully saturated rings. The first-order valence-electron chi connectivity index (χ1n) is 6.98. The molecular formula is C15H11N3O7S. The lowest BCUT2D eigenvalue weighted by Gasteiger charge is -2.12. The smallest absolute Gasteiger partial charge is 0.258 e. The van der Waals surface area contributed by atoms with E-state index in [0.717, 1.165) is 23.8 Å². The van der Waals surface area contributed by atoms with Crippen molar-refractivity contribution in [3.63, 3.8) is 0 Å². The van der Waals surface area contributed by atoms with Gasteiger partial charge >= 0.3 is 0 Å². The number of nitrogens with zero attached hydrogens (tertiary/aromatic N) is 3. The number of benzene rings is 2. The van der Waals surface area contributed by atoms with Crippen LogP contribution in [-0.4, -0.2) is 18.3 Å². The highest BCUT2D eigenvalue weighted by molar-refractivity contribution is 7.86. The van der Waals surface area contributed by atoms with Crippen molar-refractivity contribution < 1.29 is 22.4 Å². The van der Waals surface area contributed by atoms with E-state index in [1.807, 2.05) is 0 Å². The Kier molecular flexibility index (Phi) is 5.30. The molecule has 0 aromatic heterocycles. The summed E-state index contributed by atoms with van der Waals surface area (Å²) in [6.07, 6.45) is -2.07. The van der Waals surface area contributed by atoms with Crippen LogP contribution in [0, 0.1) is 38.5 Å². The van der Waals surface area contributed by atoms with Gasteiger partial charge in [0.05, 0.1) is 14.7 Å². The van der Waals surface area contributed by atoms with Crippen LogP contribution in [0.15, 0.2) is 47.4 Å². The van der Waals surface area contributed by atoms with Crippen molar-refractivity contribution in [1.82, 2.24) is 0 Å². The van der Waals surface area contributed by atoms with E-state index < -0.39 is 43.0 Å². The van der Waals surface area contributed by atoms with Crippen molar-refractivity contribution >= 4 is 21.5 Å². The highest BCUT2D eigenvalue weighted by Gasteiger charge is 2.35. The Balaban J connectivity index is 2.56. The number of nitro benzene ring substituents is 2. The number of nitriles is 1. The van der Waals surface area contributed by atoms with Crippen LogP contribution in [0.25, 0.3) is 0 Å². The highest BCUT2D eigenvalue weighted by atomic mass is 32.2. The van der Waals surface area contributed by atoms with Gasteiger partial charge in [-0.15, -0.1) is 0 Å². The zero-order chi connectivity index (χ0) is 19.5. The second kappa shape index (κ2) is 7.26. The average Bonchev–Trinajstić information content (AvgIpc) is 2.59. The van der Waals surface area contributed by atoms with Crippen molar-refractivity contribution in [1.29, 1.82) is 5.26 Å². The average molecular weight is 377 g/mol. The molecule has 10 nitrogen and oxygen atoms in total. The lowest BCUT2D eigenvalue weighted by atomic mass is 10.1. The van der Waals surface area contributed by atoms with Gasteiger partial charge in [0.15, 0.2) is 5.56 Å². The van der Waals surface area contributed by atoms with Crippen LogP contribution in [0.2, 0.25) is 0 Å². The van der Waals surface area contributed by atoms with Crippen molar-refractivity contribution in [2.45, 2.75) is 17.9 Å². The largest absolute Gasteiger partial charge is 0.298 e. The van der Waals surface area contributed by atoms with E-state index in [1.165, 1.54) is 30.3 Å².